The van der Waals surface area contributed by atoms with Gasteiger partial charge in [-0.25, -0.2) is 9.69 Å². The summed E-state index contributed by atoms with van der Waals surface area (Å²) < 4.78 is 0. The second kappa shape index (κ2) is 6.76. The Morgan fingerprint density at radius 1 is 1.16 bits per heavy atom. The third-order valence-corrected chi connectivity index (χ3v) is 4.25. The minimum atomic E-state index is -1.09. The van der Waals surface area contributed by atoms with Gasteiger partial charge in [-0.2, -0.15) is 0 Å². The van der Waals surface area contributed by atoms with Crippen LogP contribution in [-0.2, 0) is 16.0 Å². The molecule has 1 saturated heterocycles. The number of carboxylic acids is 1. The van der Waals surface area contributed by atoms with Gasteiger partial charge in [-0.15, -0.1) is 0 Å². The fourth-order valence-electron chi connectivity index (χ4n) is 3.01. The molecule has 2 amide bonds. The first-order valence-corrected chi connectivity index (χ1v) is 8.06. The van der Waals surface area contributed by atoms with Crippen molar-refractivity contribution >= 4 is 29.2 Å². The van der Waals surface area contributed by atoms with Gasteiger partial charge in [0.05, 0.1) is 17.7 Å². The fourth-order valence-corrected chi connectivity index (χ4v) is 3.01. The van der Waals surface area contributed by atoms with Crippen molar-refractivity contribution in [3.63, 3.8) is 0 Å². The van der Waals surface area contributed by atoms with Crippen LogP contribution >= 0.6 is 0 Å². The highest BCUT2D eigenvalue weighted by atomic mass is 16.4. The highest BCUT2D eigenvalue weighted by Crippen LogP contribution is 2.29. The van der Waals surface area contributed by atoms with Gasteiger partial charge >= 0.3 is 5.97 Å². The van der Waals surface area contributed by atoms with Crippen molar-refractivity contribution in [1.82, 2.24) is 0 Å². The van der Waals surface area contributed by atoms with Gasteiger partial charge in [0.2, 0.25) is 5.91 Å². The van der Waals surface area contributed by atoms with Crippen molar-refractivity contribution in [2.24, 2.45) is 0 Å². The predicted molar refractivity (Wildman–Crippen MR) is 93.7 cm³/mol. The molecule has 1 atom stereocenters. The van der Waals surface area contributed by atoms with Crippen LogP contribution in [0.3, 0.4) is 0 Å². The first-order chi connectivity index (χ1) is 12.0. The molecule has 0 aliphatic carbocycles. The number of nitrogens with one attached hydrogen (secondary N) is 1. The molecule has 0 saturated carbocycles. The Labute approximate surface area is 145 Å². The molecule has 2 aromatic rings. The lowest BCUT2D eigenvalue weighted by Crippen LogP contribution is -2.35. The Kier molecular flexibility index (Phi) is 4.52. The highest BCUT2D eigenvalue weighted by molar-refractivity contribution is 6.23. The monoisotopic (exact) mass is 338 g/mol. The average molecular weight is 338 g/mol. The van der Waals surface area contributed by atoms with E-state index in [1.807, 2.05) is 19.1 Å². The molecule has 6 heteroatoms. The number of para-hydroxylation sites is 2. The van der Waals surface area contributed by atoms with Crippen molar-refractivity contribution in [3.8, 4) is 0 Å². The van der Waals surface area contributed by atoms with Gasteiger partial charge in [0.1, 0.15) is 6.04 Å². The lowest BCUT2D eigenvalue weighted by Gasteiger charge is -2.19. The fraction of sp³-hybridized carbons (Fsp3) is 0.211. The van der Waals surface area contributed by atoms with Gasteiger partial charge in [-0.05, 0) is 30.2 Å². The lowest BCUT2D eigenvalue weighted by atomic mass is 10.1. The zero-order chi connectivity index (χ0) is 18.0. The van der Waals surface area contributed by atoms with Crippen LogP contribution in [-0.4, -0.2) is 28.9 Å². The Balaban J connectivity index is 1.89. The number of carbonyl (C=O) groups excluding carboxylic acids is 2. The van der Waals surface area contributed by atoms with Crippen molar-refractivity contribution in [1.29, 1.82) is 0 Å². The van der Waals surface area contributed by atoms with Crippen molar-refractivity contribution in [2.75, 3.05) is 10.2 Å². The molecule has 0 spiro atoms. The molecule has 0 bridgehead atoms. The molecule has 0 radical (unpaired) electrons. The smallest absolute Gasteiger partial charge is 0.337 e. The zero-order valence-corrected chi connectivity index (χ0v) is 13.7. The first-order valence-electron chi connectivity index (χ1n) is 8.06. The molecule has 128 valence electrons. The highest BCUT2D eigenvalue weighted by Gasteiger charge is 2.40. The Morgan fingerprint density at radius 2 is 1.84 bits per heavy atom. The van der Waals surface area contributed by atoms with Crippen LogP contribution in [0.2, 0.25) is 0 Å². The summed E-state index contributed by atoms with van der Waals surface area (Å²) in [5.41, 5.74) is 1.90. The minimum absolute atomic E-state index is 0.00909. The van der Waals surface area contributed by atoms with Crippen LogP contribution in [0.25, 0.3) is 0 Å². The maximum Gasteiger partial charge on any atom is 0.337 e. The zero-order valence-electron chi connectivity index (χ0n) is 13.7. The largest absolute Gasteiger partial charge is 0.478 e. The van der Waals surface area contributed by atoms with Gasteiger partial charge in [-0.3, -0.25) is 9.59 Å². The molecule has 1 fully saturated rings. The number of carboxylic acid groups (broad SMARTS) is 1. The number of aromatic carboxylic acids is 1. The molecule has 3 rings (SSSR count). The number of rotatable bonds is 5. The van der Waals surface area contributed by atoms with E-state index >= 15 is 0 Å². The third kappa shape index (κ3) is 3.10. The SMILES string of the molecule is CCc1ccccc1N1C(=O)CC(Nc2ccccc2C(=O)O)C1=O. The Hall–Kier alpha value is -3.15. The quantitative estimate of drug-likeness (QED) is 0.819. The molecule has 1 aliphatic rings. The van der Waals surface area contributed by atoms with Gasteiger partial charge < -0.3 is 10.4 Å². The van der Waals surface area contributed by atoms with E-state index in [0.29, 0.717) is 17.8 Å². The van der Waals surface area contributed by atoms with Crippen LogP contribution in [0.5, 0.6) is 0 Å². The van der Waals surface area contributed by atoms with Crippen LogP contribution in [0.4, 0.5) is 11.4 Å². The van der Waals surface area contributed by atoms with E-state index in [2.05, 4.69) is 5.32 Å². The van der Waals surface area contributed by atoms with E-state index in [0.717, 1.165) is 5.56 Å². The topological polar surface area (TPSA) is 86.7 Å². The van der Waals surface area contributed by atoms with Gasteiger partial charge in [0.25, 0.3) is 5.91 Å². The van der Waals surface area contributed by atoms with Crippen LogP contribution in [0, 0.1) is 0 Å². The number of imide groups is 1. The summed E-state index contributed by atoms with van der Waals surface area (Å²) in [6, 6.07) is 12.8. The number of carbonyl (C=O) groups is 3. The molecule has 25 heavy (non-hydrogen) atoms. The lowest BCUT2D eigenvalue weighted by molar-refractivity contribution is -0.121. The van der Waals surface area contributed by atoms with E-state index in [1.165, 1.54) is 11.0 Å². The number of hydrogen-bond acceptors (Lipinski definition) is 4. The maximum absolute atomic E-state index is 12.8. The molecule has 1 heterocycles. The van der Waals surface area contributed by atoms with Crippen LogP contribution in [0.1, 0.15) is 29.3 Å². The van der Waals surface area contributed by atoms with E-state index in [9.17, 15) is 19.5 Å². The number of hydrogen-bond donors (Lipinski definition) is 2. The van der Waals surface area contributed by atoms with E-state index in [1.54, 1.807) is 30.3 Å². The summed E-state index contributed by atoms with van der Waals surface area (Å²) >= 11 is 0. The summed E-state index contributed by atoms with van der Waals surface area (Å²) in [5.74, 6) is -1.75. The standard InChI is InChI=1S/C19H18N2O4/c1-2-12-7-3-6-10-16(12)21-17(22)11-15(18(21)23)20-14-9-5-4-8-13(14)19(24)25/h3-10,15,20H,2,11H2,1H3,(H,24,25). The molecular weight excluding hydrogens is 320 g/mol. The molecule has 6 nitrogen and oxygen atoms in total. The van der Waals surface area contributed by atoms with Crippen LogP contribution in [0.15, 0.2) is 48.5 Å². The number of anilines is 2. The Bertz CT molecular complexity index is 847. The van der Waals surface area contributed by atoms with Crippen molar-refractivity contribution in [2.45, 2.75) is 25.8 Å². The second-order valence-corrected chi connectivity index (χ2v) is 5.80. The molecule has 0 aromatic heterocycles. The van der Waals surface area contributed by atoms with Gasteiger partial charge in [0, 0.05) is 5.69 Å². The minimum Gasteiger partial charge on any atom is -0.478 e. The normalized spacial score (nSPS) is 17.0. The molecule has 1 aliphatic heterocycles. The van der Waals surface area contributed by atoms with E-state index in [-0.39, 0.29) is 23.8 Å². The summed E-state index contributed by atoms with van der Waals surface area (Å²) in [5, 5.41) is 12.2. The number of amides is 2. The maximum atomic E-state index is 12.8. The number of benzene rings is 2. The van der Waals surface area contributed by atoms with E-state index < -0.39 is 12.0 Å². The summed E-state index contributed by atoms with van der Waals surface area (Å²) in [6.45, 7) is 1.96. The average Bonchev–Trinajstić information content (AvgIpc) is 2.88. The van der Waals surface area contributed by atoms with E-state index in [4.69, 9.17) is 0 Å². The van der Waals surface area contributed by atoms with Crippen LogP contribution < -0.4 is 10.2 Å². The predicted octanol–water partition coefficient (Wildman–Crippen LogP) is 2.69. The van der Waals surface area contributed by atoms with Gasteiger partial charge in [0.15, 0.2) is 0 Å². The summed E-state index contributed by atoms with van der Waals surface area (Å²) in [7, 11) is 0. The second-order valence-electron chi connectivity index (χ2n) is 5.80. The Morgan fingerprint density at radius 3 is 2.56 bits per heavy atom. The van der Waals surface area contributed by atoms with Crippen molar-refractivity contribution < 1.29 is 19.5 Å². The summed E-state index contributed by atoms with van der Waals surface area (Å²) in [6.07, 6.45) is 0.692. The molecule has 1 unspecified atom stereocenters. The molecular formula is C19H18N2O4. The number of aryl methyl sites for hydroxylation is 1. The molecule has 2 aromatic carbocycles. The van der Waals surface area contributed by atoms with Gasteiger partial charge in [-0.1, -0.05) is 37.3 Å². The third-order valence-electron chi connectivity index (χ3n) is 4.25. The number of nitrogens with zero attached hydrogens (tertiary/aromatic N) is 1. The molecule has 2 N–H and O–H groups in total. The summed E-state index contributed by atoms with van der Waals surface area (Å²) in [4.78, 5) is 37.7. The van der Waals surface area contributed by atoms with Crippen molar-refractivity contribution in [3.05, 3.63) is 59.7 Å². The first kappa shape index (κ1) is 16.7.